The normalized spacial score (nSPS) is 10.4. The van der Waals surface area contributed by atoms with Crippen LogP contribution in [0.3, 0.4) is 0 Å². The second-order valence-electron chi connectivity index (χ2n) is 5.65. The first-order chi connectivity index (χ1) is 13.4. The quantitative estimate of drug-likeness (QED) is 0.564. The summed E-state index contributed by atoms with van der Waals surface area (Å²) in [6.45, 7) is 0.878. The maximum absolute atomic E-state index is 13.6. The molecule has 0 saturated carbocycles. The molecule has 0 aliphatic carbocycles. The molecular weight excluding hydrogens is 367 g/mol. The highest BCUT2D eigenvalue weighted by atomic mass is 19.1. The predicted molar refractivity (Wildman–Crippen MR) is 102 cm³/mol. The molecule has 2 aromatic rings. The lowest BCUT2D eigenvalue weighted by molar-refractivity contribution is -0.142. The van der Waals surface area contributed by atoms with Gasteiger partial charge in [-0.25, -0.2) is 9.18 Å². The molecule has 0 aliphatic rings. The van der Waals surface area contributed by atoms with Gasteiger partial charge in [-0.1, -0.05) is 12.1 Å². The first-order valence-corrected chi connectivity index (χ1v) is 8.23. The minimum atomic E-state index is -0.752. The van der Waals surface area contributed by atoms with E-state index in [0.29, 0.717) is 16.9 Å². The first-order valence-electron chi connectivity index (χ1n) is 8.23. The van der Waals surface area contributed by atoms with Crippen molar-refractivity contribution in [2.45, 2.75) is 6.92 Å². The minimum Gasteiger partial charge on any atom is -0.494 e. The topological polar surface area (TPSA) is 93.7 Å². The molecule has 0 unspecified atom stereocenters. The maximum atomic E-state index is 13.6. The number of benzene rings is 2. The minimum absolute atomic E-state index is 0.0963. The molecule has 2 aromatic carbocycles. The third-order valence-electron chi connectivity index (χ3n) is 3.40. The van der Waals surface area contributed by atoms with Crippen LogP contribution in [0.1, 0.15) is 12.5 Å². The van der Waals surface area contributed by atoms with Gasteiger partial charge in [0.1, 0.15) is 0 Å². The lowest BCUT2D eigenvalue weighted by Crippen LogP contribution is -2.20. The number of ether oxygens (including phenoxy) is 2. The molecule has 8 heteroatoms. The van der Waals surface area contributed by atoms with Gasteiger partial charge in [-0.3, -0.25) is 9.59 Å². The summed E-state index contributed by atoms with van der Waals surface area (Å²) >= 11 is 0. The van der Waals surface area contributed by atoms with E-state index in [1.165, 1.54) is 32.2 Å². The molecule has 0 spiro atoms. The van der Waals surface area contributed by atoms with Crippen molar-refractivity contribution >= 4 is 35.2 Å². The fraction of sp³-hybridized carbons (Fsp3) is 0.150. The Balaban J connectivity index is 1.84. The highest BCUT2D eigenvalue weighted by Gasteiger charge is 2.07. The summed E-state index contributed by atoms with van der Waals surface area (Å²) in [5.41, 5.74) is 1.41. The SMILES string of the molecule is COc1ccc(/C=C/C(=O)OCC(=O)Nc2cccc(NC(C)=O)c2)cc1F. The van der Waals surface area contributed by atoms with Crippen LogP contribution < -0.4 is 15.4 Å². The second kappa shape index (κ2) is 9.86. The van der Waals surface area contributed by atoms with Gasteiger partial charge in [0.15, 0.2) is 18.2 Å². The number of carbonyl (C=O) groups excluding carboxylic acids is 3. The van der Waals surface area contributed by atoms with E-state index >= 15 is 0 Å². The zero-order chi connectivity index (χ0) is 20.5. The molecule has 2 amide bonds. The van der Waals surface area contributed by atoms with Crippen LogP contribution >= 0.6 is 0 Å². The maximum Gasteiger partial charge on any atom is 0.331 e. The Morgan fingerprint density at radius 2 is 1.79 bits per heavy atom. The monoisotopic (exact) mass is 386 g/mol. The van der Waals surface area contributed by atoms with Gasteiger partial charge in [0.05, 0.1) is 7.11 Å². The summed E-state index contributed by atoms with van der Waals surface area (Å²) in [7, 11) is 1.35. The number of methoxy groups -OCH3 is 1. The Bertz CT molecular complexity index is 911. The summed E-state index contributed by atoms with van der Waals surface area (Å²) < 4.78 is 23.2. The summed E-state index contributed by atoms with van der Waals surface area (Å²) in [6.07, 6.45) is 2.45. The zero-order valence-corrected chi connectivity index (χ0v) is 15.3. The third-order valence-corrected chi connectivity index (χ3v) is 3.40. The Kier molecular flexibility index (Phi) is 7.27. The molecular formula is C20H19FN2O5. The van der Waals surface area contributed by atoms with Crippen LogP contribution in [0.4, 0.5) is 15.8 Å². The highest BCUT2D eigenvalue weighted by molar-refractivity contribution is 5.95. The van der Waals surface area contributed by atoms with Crippen molar-refractivity contribution in [3.63, 3.8) is 0 Å². The first kappa shape index (κ1) is 20.6. The molecule has 0 heterocycles. The Morgan fingerprint density at radius 1 is 1.07 bits per heavy atom. The predicted octanol–water partition coefficient (Wildman–Crippen LogP) is 2.99. The fourth-order valence-electron chi connectivity index (χ4n) is 2.21. The average molecular weight is 386 g/mol. The van der Waals surface area contributed by atoms with E-state index in [0.717, 1.165) is 6.08 Å². The number of hydrogen-bond donors (Lipinski definition) is 2. The van der Waals surface area contributed by atoms with Crippen molar-refractivity contribution in [2.24, 2.45) is 0 Å². The Hall–Kier alpha value is -3.68. The average Bonchev–Trinajstić information content (AvgIpc) is 2.64. The fourth-order valence-corrected chi connectivity index (χ4v) is 2.21. The lowest BCUT2D eigenvalue weighted by atomic mass is 10.2. The Morgan fingerprint density at radius 3 is 2.43 bits per heavy atom. The van der Waals surface area contributed by atoms with E-state index < -0.39 is 24.3 Å². The molecule has 7 nitrogen and oxygen atoms in total. The number of carbonyl (C=O) groups is 3. The number of amides is 2. The molecule has 0 fully saturated rings. The van der Waals surface area contributed by atoms with E-state index in [-0.39, 0.29) is 11.7 Å². The smallest absolute Gasteiger partial charge is 0.331 e. The van der Waals surface area contributed by atoms with Gasteiger partial charge in [0.2, 0.25) is 5.91 Å². The van der Waals surface area contributed by atoms with Gasteiger partial charge in [0.25, 0.3) is 5.91 Å². The zero-order valence-electron chi connectivity index (χ0n) is 15.3. The molecule has 0 aliphatic heterocycles. The van der Waals surface area contributed by atoms with Crippen LogP contribution in [-0.2, 0) is 19.1 Å². The van der Waals surface area contributed by atoms with Crippen molar-refractivity contribution in [3.8, 4) is 5.75 Å². The largest absolute Gasteiger partial charge is 0.494 e. The number of nitrogens with one attached hydrogen (secondary N) is 2. The third kappa shape index (κ3) is 6.56. The lowest BCUT2D eigenvalue weighted by Gasteiger charge is -2.08. The second-order valence-corrected chi connectivity index (χ2v) is 5.65. The van der Waals surface area contributed by atoms with Gasteiger partial charge in [-0.15, -0.1) is 0 Å². The van der Waals surface area contributed by atoms with Crippen molar-refractivity contribution in [2.75, 3.05) is 24.4 Å². The molecule has 2 rings (SSSR count). The summed E-state index contributed by atoms with van der Waals surface area (Å²) in [5, 5.41) is 5.14. The van der Waals surface area contributed by atoms with Crippen LogP contribution in [-0.4, -0.2) is 31.5 Å². The van der Waals surface area contributed by atoms with Crippen molar-refractivity contribution in [3.05, 3.63) is 59.9 Å². The molecule has 0 bridgehead atoms. The number of hydrogen-bond acceptors (Lipinski definition) is 5. The summed E-state index contributed by atoms with van der Waals surface area (Å²) in [5.74, 6) is -1.99. The van der Waals surface area contributed by atoms with Crippen LogP contribution in [0.2, 0.25) is 0 Å². The van der Waals surface area contributed by atoms with Gasteiger partial charge in [-0.2, -0.15) is 0 Å². The summed E-state index contributed by atoms with van der Waals surface area (Å²) in [4.78, 5) is 34.6. The number of halogens is 1. The van der Waals surface area contributed by atoms with E-state index in [1.54, 1.807) is 30.3 Å². The highest BCUT2D eigenvalue weighted by Crippen LogP contribution is 2.18. The van der Waals surface area contributed by atoms with Gasteiger partial charge >= 0.3 is 5.97 Å². The van der Waals surface area contributed by atoms with E-state index in [9.17, 15) is 18.8 Å². The molecule has 28 heavy (non-hydrogen) atoms. The van der Waals surface area contributed by atoms with Gasteiger partial charge in [-0.05, 0) is 42.0 Å². The van der Waals surface area contributed by atoms with Crippen LogP contribution in [0, 0.1) is 5.82 Å². The molecule has 0 atom stereocenters. The van der Waals surface area contributed by atoms with Crippen molar-refractivity contribution < 1.29 is 28.2 Å². The van der Waals surface area contributed by atoms with Crippen LogP contribution in [0.5, 0.6) is 5.75 Å². The number of anilines is 2. The molecule has 2 N–H and O–H groups in total. The summed E-state index contributed by atoms with van der Waals surface area (Å²) in [6, 6.07) is 10.7. The van der Waals surface area contributed by atoms with Crippen molar-refractivity contribution in [1.82, 2.24) is 0 Å². The molecule has 0 aromatic heterocycles. The Labute approximate surface area is 161 Å². The standard InChI is InChI=1S/C20H19FN2O5/c1-13(24)22-15-4-3-5-16(11-15)23-19(25)12-28-20(26)9-7-14-6-8-18(27-2)17(21)10-14/h3-11H,12H2,1-2H3,(H,22,24)(H,23,25)/b9-7+. The van der Waals surface area contributed by atoms with E-state index in [2.05, 4.69) is 10.6 Å². The van der Waals surface area contributed by atoms with Crippen molar-refractivity contribution in [1.29, 1.82) is 0 Å². The molecule has 0 radical (unpaired) electrons. The van der Waals surface area contributed by atoms with Gasteiger partial charge in [0, 0.05) is 24.4 Å². The van der Waals surface area contributed by atoms with Crippen LogP contribution in [0.15, 0.2) is 48.5 Å². The van der Waals surface area contributed by atoms with E-state index in [4.69, 9.17) is 9.47 Å². The van der Waals surface area contributed by atoms with Crippen LogP contribution in [0.25, 0.3) is 6.08 Å². The van der Waals surface area contributed by atoms with E-state index in [1.807, 2.05) is 0 Å². The number of rotatable bonds is 7. The molecule has 0 saturated heterocycles. The van der Waals surface area contributed by atoms with Gasteiger partial charge < -0.3 is 20.1 Å². The number of esters is 1. The molecule has 146 valence electrons.